The van der Waals surface area contributed by atoms with Crippen LogP contribution in [0.5, 0.6) is 0 Å². The zero-order chi connectivity index (χ0) is 20.7. The van der Waals surface area contributed by atoms with Crippen LogP contribution >= 0.6 is 35.3 Å². The highest BCUT2D eigenvalue weighted by atomic mass is 127. The van der Waals surface area contributed by atoms with Gasteiger partial charge in [0.15, 0.2) is 5.96 Å². The van der Waals surface area contributed by atoms with E-state index in [2.05, 4.69) is 25.3 Å². The first-order chi connectivity index (χ1) is 14.0. The predicted octanol–water partition coefficient (Wildman–Crippen LogP) is 2.09. The Balaban J connectivity index is 0.00000320. The molecule has 3 aromatic rings. The molecule has 0 aliphatic carbocycles. The minimum Gasteiger partial charge on any atom is -0.386 e. The van der Waals surface area contributed by atoms with Crippen LogP contribution in [0.4, 0.5) is 0 Å². The monoisotopic (exact) mass is 561 g/mol. The molecule has 0 fully saturated rings. The molecule has 3 rings (SSSR count). The predicted molar refractivity (Wildman–Crippen MR) is 131 cm³/mol. The number of halogens is 1. The third kappa shape index (κ3) is 6.60. The maximum atomic E-state index is 12.1. The van der Waals surface area contributed by atoms with Gasteiger partial charge in [-0.05, 0) is 29.7 Å². The number of aliphatic imine (C=N–C) groups is 1. The molecule has 8 nitrogen and oxygen atoms in total. The summed E-state index contributed by atoms with van der Waals surface area (Å²) in [5.41, 5.74) is 0. The molecule has 1 atom stereocenters. The van der Waals surface area contributed by atoms with Gasteiger partial charge in [-0.1, -0.05) is 18.2 Å². The number of hydrogen-bond donors (Lipinski definition) is 4. The highest BCUT2D eigenvalue weighted by molar-refractivity contribution is 14.0. The molecule has 4 N–H and O–H groups in total. The fourth-order valence-corrected chi connectivity index (χ4v) is 4.68. The Bertz CT molecular complexity index is 1040. The molecule has 0 bridgehead atoms. The second kappa shape index (κ2) is 11.6. The molecule has 0 aliphatic rings. The molecule has 30 heavy (non-hydrogen) atoms. The van der Waals surface area contributed by atoms with Crippen molar-refractivity contribution < 1.29 is 13.5 Å². The first kappa shape index (κ1) is 24.5. The normalized spacial score (nSPS) is 12.9. The van der Waals surface area contributed by atoms with Crippen molar-refractivity contribution in [3.05, 3.63) is 59.7 Å². The van der Waals surface area contributed by atoms with E-state index in [1.165, 1.54) is 18.5 Å². The number of aliphatic hydroxyl groups is 1. The Morgan fingerprint density at radius 1 is 1.20 bits per heavy atom. The second-order valence-corrected chi connectivity index (χ2v) is 9.05. The average molecular weight is 561 g/mol. The lowest BCUT2D eigenvalue weighted by atomic mass is 10.2. The van der Waals surface area contributed by atoms with Crippen molar-refractivity contribution >= 4 is 61.4 Å². The number of nitrogens with zero attached hydrogens (tertiary/aromatic N) is 2. The molecule has 2 heterocycles. The number of sulfonamides is 1. The summed E-state index contributed by atoms with van der Waals surface area (Å²) < 4.78 is 27.9. The van der Waals surface area contributed by atoms with Gasteiger partial charge in [0.05, 0.1) is 0 Å². The molecule has 162 valence electrons. The van der Waals surface area contributed by atoms with E-state index in [1.54, 1.807) is 24.5 Å². The average Bonchev–Trinajstić information content (AvgIpc) is 3.18. The van der Waals surface area contributed by atoms with Crippen LogP contribution in [0.15, 0.2) is 64.7 Å². The number of benzene rings is 1. The Morgan fingerprint density at radius 3 is 2.70 bits per heavy atom. The van der Waals surface area contributed by atoms with Gasteiger partial charge >= 0.3 is 0 Å². The van der Waals surface area contributed by atoms with Crippen LogP contribution < -0.4 is 15.4 Å². The van der Waals surface area contributed by atoms with E-state index in [0.717, 1.165) is 15.0 Å². The van der Waals surface area contributed by atoms with E-state index in [1.807, 2.05) is 30.3 Å². The van der Waals surface area contributed by atoms with Gasteiger partial charge in [0.25, 0.3) is 0 Å². The molecule has 0 saturated carbocycles. The third-order valence-electron chi connectivity index (χ3n) is 4.11. The first-order valence-corrected chi connectivity index (χ1v) is 11.3. The topological polar surface area (TPSA) is 116 Å². The standard InChI is InChI=1S/C19H23N5O3S2.HI/c1-20-19(22-9-10-24-29(26,27)15-6-4-8-21-12-15)23-13-16(25)18-11-14-5-2-3-7-17(14)28-18;/h2-8,11-12,16,24-25H,9-10,13H2,1H3,(H2,20,22,23);1H. The van der Waals surface area contributed by atoms with Crippen LogP contribution in [0.3, 0.4) is 0 Å². The largest absolute Gasteiger partial charge is 0.386 e. The number of pyridine rings is 1. The molecule has 0 saturated heterocycles. The van der Waals surface area contributed by atoms with Crippen LogP contribution in [-0.4, -0.2) is 51.1 Å². The van der Waals surface area contributed by atoms with Crippen LogP contribution in [0, 0.1) is 0 Å². The maximum absolute atomic E-state index is 12.1. The molecule has 0 radical (unpaired) electrons. The van der Waals surface area contributed by atoms with Crippen molar-refractivity contribution in [2.75, 3.05) is 26.7 Å². The van der Waals surface area contributed by atoms with Crippen LogP contribution in [0.1, 0.15) is 11.0 Å². The van der Waals surface area contributed by atoms with Gasteiger partial charge in [0.2, 0.25) is 10.0 Å². The Labute approximate surface area is 196 Å². The van der Waals surface area contributed by atoms with Crippen molar-refractivity contribution in [1.29, 1.82) is 0 Å². The fourth-order valence-electron chi connectivity index (χ4n) is 2.64. The summed E-state index contributed by atoms with van der Waals surface area (Å²) in [5, 5.41) is 17.6. The summed E-state index contributed by atoms with van der Waals surface area (Å²) >= 11 is 1.55. The number of rotatable bonds is 8. The van der Waals surface area contributed by atoms with Gasteiger partial charge in [-0.15, -0.1) is 35.3 Å². The SMILES string of the molecule is CN=C(NCCNS(=O)(=O)c1cccnc1)NCC(O)c1cc2ccccc2s1.I. The molecule has 2 aromatic heterocycles. The summed E-state index contributed by atoms with van der Waals surface area (Å²) in [7, 11) is -1.98. The quantitative estimate of drug-likeness (QED) is 0.145. The second-order valence-electron chi connectivity index (χ2n) is 6.17. The zero-order valence-corrected chi connectivity index (χ0v) is 20.2. The smallest absolute Gasteiger partial charge is 0.242 e. The molecule has 0 amide bonds. The van der Waals surface area contributed by atoms with Gasteiger partial charge in [-0.3, -0.25) is 9.98 Å². The maximum Gasteiger partial charge on any atom is 0.242 e. The van der Waals surface area contributed by atoms with Gasteiger partial charge in [-0.2, -0.15) is 0 Å². The molecular formula is C19H24IN5O3S2. The van der Waals surface area contributed by atoms with Crippen molar-refractivity contribution in [2.24, 2.45) is 4.99 Å². The number of hydrogen-bond acceptors (Lipinski definition) is 6. The zero-order valence-electron chi connectivity index (χ0n) is 16.3. The highest BCUT2D eigenvalue weighted by Crippen LogP contribution is 2.29. The molecule has 11 heteroatoms. The van der Waals surface area contributed by atoms with Gasteiger partial charge in [-0.25, -0.2) is 13.1 Å². The van der Waals surface area contributed by atoms with Crippen LogP contribution in [-0.2, 0) is 10.0 Å². The van der Waals surface area contributed by atoms with Gasteiger partial charge in [0.1, 0.15) is 11.0 Å². The lowest BCUT2D eigenvalue weighted by molar-refractivity contribution is 0.184. The Morgan fingerprint density at radius 2 is 2.00 bits per heavy atom. The first-order valence-electron chi connectivity index (χ1n) is 9.00. The molecular weight excluding hydrogens is 537 g/mol. The Kier molecular flexibility index (Phi) is 9.42. The van der Waals surface area contributed by atoms with Gasteiger partial charge in [0, 0.05) is 48.7 Å². The fraction of sp³-hybridized carbons (Fsp3) is 0.263. The van der Waals surface area contributed by atoms with Gasteiger partial charge < -0.3 is 15.7 Å². The number of nitrogens with one attached hydrogen (secondary N) is 3. The van der Waals surface area contributed by atoms with E-state index in [0.29, 0.717) is 12.5 Å². The number of fused-ring (bicyclic) bond motifs is 1. The summed E-state index contributed by atoms with van der Waals surface area (Å²) in [4.78, 5) is 8.89. The number of aromatic nitrogens is 1. The Hall–Kier alpha value is -1.80. The lowest BCUT2D eigenvalue weighted by Crippen LogP contribution is -2.42. The molecule has 1 unspecified atom stereocenters. The summed E-state index contributed by atoms with van der Waals surface area (Å²) in [5.74, 6) is 0.478. The van der Waals surface area contributed by atoms with E-state index in [9.17, 15) is 13.5 Å². The lowest BCUT2D eigenvalue weighted by Gasteiger charge is -2.15. The number of thiophene rings is 1. The highest BCUT2D eigenvalue weighted by Gasteiger charge is 2.14. The van der Waals surface area contributed by atoms with E-state index >= 15 is 0 Å². The van der Waals surface area contributed by atoms with Crippen LogP contribution in [0.25, 0.3) is 10.1 Å². The summed E-state index contributed by atoms with van der Waals surface area (Å²) in [6.07, 6.45) is 2.14. The van der Waals surface area contributed by atoms with E-state index in [4.69, 9.17) is 0 Å². The minimum atomic E-state index is -3.59. The third-order valence-corrected chi connectivity index (χ3v) is 6.78. The number of aliphatic hydroxyl groups excluding tert-OH is 1. The van der Waals surface area contributed by atoms with Crippen molar-refractivity contribution in [3.63, 3.8) is 0 Å². The van der Waals surface area contributed by atoms with E-state index in [-0.39, 0.29) is 42.0 Å². The molecule has 1 aromatic carbocycles. The van der Waals surface area contributed by atoms with E-state index < -0.39 is 16.1 Å². The van der Waals surface area contributed by atoms with Crippen molar-refractivity contribution in [1.82, 2.24) is 20.3 Å². The van der Waals surface area contributed by atoms with Crippen molar-refractivity contribution in [3.8, 4) is 0 Å². The summed E-state index contributed by atoms with van der Waals surface area (Å²) in [6, 6.07) is 13.0. The van der Waals surface area contributed by atoms with Crippen molar-refractivity contribution in [2.45, 2.75) is 11.0 Å². The molecule has 0 spiro atoms. The molecule has 0 aliphatic heterocycles. The summed E-state index contributed by atoms with van der Waals surface area (Å²) in [6.45, 7) is 0.794. The minimum absolute atomic E-state index is 0. The number of guanidine groups is 1. The van der Waals surface area contributed by atoms with Crippen LogP contribution in [0.2, 0.25) is 0 Å².